The molecule has 4 heteroatoms. The SMILES string of the molecule is CC(C)(C)NC(=O)c1cccc(-c2ccccn2)n1. The Bertz CT molecular complexity index is 573. The minimum Gasteiger partial charge on any atom is -0.346 e. The van der Waals surface area contributed by atoms with Crippen LogP contribution in [0.3, 0.4) is 0 Å². The molecular weight excluding hydrogens is 238 g/mol. The van der Waals surface area contributed by atoms with Crippen LogP contribution < -0.4 is 5.32 Å². The highest BCUT2D eigenvalue weighted by molar-refractivity contribution is 5.93. The number of carbonyl (C=O) groups excluding carboxylic acids is 1. The molecule has 0 bridgehead atoms. The highest BCUT2D eigenvalue weighted by atomic mass is 16.2. The number of amides is 1. The fourth-order valence-corrected chi connectivity index (χ4v) is 1.62. The summed E-state index contributed by atoms with van der Waals surface area (Å²) in [6.07, 6.45) is 1.71. The zero-order chi connectivity index (χ0) is 13.9. The van der Waals surface area contributed by atoms with Gasteiger partial charge in [-0.15, -0.1) is 0 Å². The van der Waals surface area contributed by atoms with Crippen molar-refractivity contribution in [3.8, 4) is 11.4 Å². The molecule has 19 heavy (non-hydrogen) atoms. The molecule has 0 spiro atoms. The van der Waals surface area contributed by atoms with Crippen LogP contribution in [0.4, 0.5) is 0 Å². The van der Waals surface area contributed by atoms with E-state index < -0.39 is 0 Å². The van der Waals surface area contributed by atoms with E-state index in [1.165, 1.54) is 0 Å². The van der Waals surface area contributed by atoms with Crippen molar-refractivity contribution in [3.63, 3.8) is 0 Å². The van der Waals surface area contributed by atoms with Gasteiger partial charge in [-0.25, -0.2) is 4.98 Å². The van der Waals surface area contributed by atoms with Gasteiger partial charge in [0.15, 0.2) is 0 Å². The first-order valence-corrected chi connectivity index (χ1v) is 6.17. The molecule has 0 unspecified atom stereocenters. The van der Waals surface area contributed by atoms with Crippen LogP contribution in [0.15, 0.2) is 42.6 Å². The lowest BCUT2D eigenvalue weighted by molar-refractivity contribution is 0.0914. The van der Waals surface area contributed by atoms with E-state index in [2.05, 4.69) is 15.3 Å². The molecule has 0 aliphatic heterocycles. The largest absolute Gasteiger partial charge is 0.346 e. The molecule has 0 fully saturated rings. The Balaban J connectivity index is 2.28. The fraction of sp³-hybridized carbons (Fsp3) is 0.267. The lowest BCUT2D eigenvalue weighted by Crippen LogP contribution is -2.40. The van der Waals surface area contributed by atoms with E-state index in [0.29, 0.717) is 11.4 Å². The van der Waals surface area contributed by atoms with Crippen molar-refractivity contribution < 1.29 is 4.79 Å². The van der Waals surface area contributed by atoms with E-state index >= 15 is 0 Å². The normalized spacial score (nSPS) is 11.1. The average molecular weight is 255 g/mol. The molecule has 0 aromatic carbocycles. The average Bonchev–Trinajstić information content (AvgIpc) is 2.38. The van der Waals surface area contributed by atoms with E-state index in [9.17, 15) is 4.79 Å². The number of rotatable bonds is 2. The van der Waals surface area contributed by atoms with Gasteiger partial charge >= 0.3 is 0 Å². The summed E-state index contributed by atoms with van der Waals surface area (Å²) in [5.41, 5.74) is 1.58. The van der Waals surface area contributed by atoms with E-state index in [1.54, 1.807) is 12.3 Å². The number of carbonyl (C=O) groups is 1. The molecule has 2 aromatic rings. The minimum absolute atomic E-state index is 0.176. The Labute approximate surface area is 112 Å². The lowest BCUT2D eigenvalue weighted by atomic mass is 10.1. The van der Waals surface area contributed by atoms with Gasteiger partial charge in [-0.3, -0.25) is 9.78 Å². The van der Waals surface area contributed by atoms with Crippen molar-refractivity contribution >= 4 is 5.91 Å². The first kappa shape index (κ1) is 13.2. The van der Waals surface area contributed by atoms with Crippen LogP contribution in [0.1, 0.15) is 31.3 Å². The summed E-state index contributed by atoms with van der Waals surface area (Å²) in [5, 5.41) is 2.89. The van der Waals surface area contributed by atoms with Crippen LogP contribution in [0.25, 0.3) is 11.4 Å². The number of nitrogens with zero attached hydrogens (tertiary/aromatic N) is 2. The third-order valence-corrected chi connectivity index (χ3v) is 2.40. The molecular formula is C15H17N3O. The van der Waals surface area contributed by atoms with Crippen molar-refractivity contribution in [1.29, 1.82) is 0 Å². The van der Waals surface area contributed by atoms with Crippen LogP contribution in [0.5, 0.6) is 0 Å². The fourth-order valence-electron chi connectivity index (χ4n) is 1.62. The number of hydrogen-bond acceptors (Lipinski definition) is 3. The maximum absolute atomic E-state index is 12.0. The minimum atomic E-state index is -0.278. The third kappa shape index (κ3) is 3.61. The molecule has 0 aliphatic rings. The van der Waals surface area contributed by atoms with Crippen LogP contribution in [0, 0.1) is 0 Å². The topological polar surface area (TPSA) is 54.9 Å². The van der Waals surface area contributed by atoms with Crippen LogP contribution in [0.2, 0.25) is 0 Å². The molecule has 4 nitrogen and oxygen atoms in total. The van der Waals surface area contributed by atoms with E-state index in [0.717, 1.165) is 5.69 Å². The van der Waals surface area contributed by atoms with Crippen LogP contribution >= 0.6 is 0 Å². The predicted molar refractivity (Wildman–Crippen MR) is 74.7 cm³/mol. The van der Waals surface area contributed by atoms with Crippen molar-refractivity contribution in [2.75, 3.05) is 0 Å². The number of nitrogens with one attached hydrogen (secondary N) is 1. The van der Waals surface area contributed by atoms with Gasteiger partial charge < -0.3 is 5.32 Å². The maximum atomic E-state index is 12.0. The zero-order valence-electron chi connectivity index (χ0n) is 11.3. The first-order valence-electron chi connectivity index (χ1n) is 6.17. The maximum Gasteiger partial charge on any atom is 0.270 e. The van der Waals surface area contributed by atoms with Gasteiger partial charge in [0.25, 0.3) is 5.91 Å². The standard InChI is InChI=1S/C15H17N3O/c1-15(2,3)18-14(19)13-9-6-8-12(17-13)11-7-4-5-10-16-11/h4-10H,1-3H3,(H,18,19). The second kappa shape index (κ2) is 5.18. The van der Waals surface area contributed by atoms with E-state index in [-0.39, 0.29) is 11.4 Å². The predicted octanol–water partition coefficient (Wildman–Crippen LogP) is 2.67. The Hall–Kier alpha value is -2.23. The highest BCUT2D eigenvalue weighted by Crippen LogP contribution is 2.14. The first-order chi connectivity index (χ1) is 8.96. The van der Waals surface area contributed by atoms with Gasteiger partial charge in [0.1, 0.15) is 5.69 Å². The second-order valence-electron chi connectivity index (χ2n) is 5.33. The van der Waals surface area contributed by atoms with E-state index in [4.69, 9.17) is 0 Å². The van der Waals surface area contributed by atoms with Gasteiger partial charge in [-0.05, 0) is 45.0 Å². The van der Waals surface area contributed by atoms with Gasteiger partial charge in [-0.1, -0.05) is 12.1 Å². The van der Waals surface area contributed by atoms with Crippen molar-refractivity contribution in [2.24, 2.45) is 0 Å². The van der Waals surface area contributed by atoms with Crippen LogP contribution in [-0.4, -0.2) is 21.4 Å². The Morgan fingerprint density at radius 3 is 2.42 bits per heavy atom. The zero-order valence-corrected chi connectivity index (χ0v) is 11.3. The van der Waals surface area contributed by atoms with E-state index in [1.807, 2.05) is 51.1 Å². The van der Waals surface area contributed by atoms with Gasteiger partial charge in [-0.2, -0.15) is 0 Å². The Morgan fingerprint density at radius 2 is 1.79 bits per heavy atom. The van der Waals surface area contributed by atoms with Gasteiger partial charge in [0.05, 0.1) is 11.4 Å². The number of hydrogen-bond donors (Lipinski definition) is 1. The summed E-state index contributed by atoms with van der Waals surface area (Å²) < 4.78 is 0. The summed E-state index contributed by atoms with van der Waals surface area (Å²) >= 11 is 0. The van der Waals surface area contributed by atoms with Crippen molar-refractivity contribution in [3.05, 3.63) is 48.3 Å². The molecule has 0 atom stereocenters. The summed E-state index contributed by atoms with van der Waals surface area (Å²) in [7, 11) is 0. The van der Waals surface area contributed by atoms with Gasteiger partial charge in [0.2, 0.25) is 0 Å². The Kier molecular flexibility index (Phi) is 3.60. The summed E-state index contributed by atoms with van der Waals surface area (Å²) in [6.45, 7) is 5.81. The molecule has 0 radical (unpaired) electrons. The quantitative estimate of drug-likeness (QED) is 0.897. The molecule has 0 saturated carbocycles. The number of aromatic nitrogens is 2. The van der Waals surface area contributed by atoms with Crippen LogP contribution in [-0.2, 0) is 0 Å². The smallest absolute Gasteiger partial charge is 0.270 e. The monoisotopic (exact) mass is 255 g/mol. The van der Waals surface area contributed by atoms with Gasteiger partial charge in [0, 0.05) is 11.7 Å². The molecule has 0 aliphatic carbocycles. The second-order valence-corrected chi connectivity index (χ2v) is 5.33. The molecule has 2 heterocycles. The molecule has 1 amide bonds. The summed E-state index contributed by atoms with van der Waals surface area (Å²) in [5.74, 6) is -0.176. The summed E-state index contributed by atoms with van der Waals surface area (Å²) in [4.78, 5) is 20.6. The lowest BCUT2D eigenvalue weighted by Gasteiger charge is -2.20. The molecule has 1 N–H and O–H groups in total. The van der Waals surface area contributed by atoms with Crippen molar-refractivity contribution in [1.82, 2.24) is 15.3 Å². The molecule has 2 rings (SSSR count). The molecule has 98 valence electrons. The van der Waals surface area contributed by atoms with Crippen molar-refractivity contribution in [2.45, 2.75) is 26.3 Å². The highest BCUT2D eigenvalue weighted by Gasteiger charge is 2.16. The Morgan fingerprint density at radius 1 is 1.05 bits per heavy atom. The molecule has 0 saturated heterocycles. The summed E-state index contributed by atoms with van der Waals surface area (Å²) in [6, 6.07) is 11.0. The molecule has 2 aromatic heterocycles. The third-order valence-electron chi connectivity index (χ3n) is 2.40. The number of pyridine rings is 2.